The topological polar surface area (TPSA) is 50.6 Å². The van der Waals surface area contributed by atoms with E-state index in [4.69, 9.17) is 4.74 Å². The Labute approximate surface area is 180 Å². The number of anilines is 2. The van der Waals surface area contributed by atoms with Gasteiger partial charge in [0.05, 0.1) is 19.3 Å². The molecule has 0 amide bonds. The standard InChI is InChI=1S/C20H22BrF3N4O2/c1-13(14-2-4-15(21)5-3-14)28-16(20(22,23)24)6-7-27-18(29)12-17(25-19(27)28)26-8-10-30-11-9-26/h2-5,12-13,16H,6-11H2,1H3/t13-,16-/m0/s1. The Morgan fingerprint density at radius 3 is 2.47 bits per heavy atom. The number of alkyl halides is 3. The maximum absolute atomic E-state index is 14.0. The van der Waals surface area contributed by atoms with Crippen LogP contribution in [-0.2, 0) is 11.3 Å². The van der Waals surface area contributed by atoms with Gasteiger partial charge in [-0.3, -0.25) is 9.36 Å². The number of rotatable bonds is 3. The Balaban J connectivity index is 1.81. The molecule has 2 aliphatic rings. The van der Waals surface area contributed by atoms with Gasteiger partial charge in [0, 0.05) is 30.2 Å². The summed E-state index contributed by atoms with van der Waals surface area (Å²) in [5.74, 6) is 0.457. The quantitative estimate of drug-likeness (QED) is 0.661. The molecule has 0 aliphatic carbocycles. The van der Waals surface area contributed by atoms with E-state index in [0.29, 0.717) is 37.7 Å². The monoisotopic (exact) mass is 486 g/mol. The fourth-order valence-electron chi connectivity index (χ4n) is 4.04. The third kappa shape index (κ3) is 4.07. The minimum Gasteiger partial charge on any atom is -0.378 e. The van der Waals surface area contributed by atoms with Crippen molar-refractivity contribution >= 4 is 27.7 Å². The summed E-state index contributed by atoms with van der Waals surface area (Å²) in [6, 6.07) is 6.22. The van der Waals surface area contributed by atoms with Gasteiger partial charge in [0.2, 0.25) is 5.95 Å². The van der Waals surface area contributed by atoms with Gasteiger partial charge in [-0.25, -0.2) is 0 Å². The zero-order valence-electron chi connectivity index (χ0n) is 16.4. The van der Waals surface area contributed by atoms with Crippen LogP contribution in [0.25, 0.3) is 0 Å². The number of fused-ring (bicyclic) bond motifs is 1. The highest BCUT2D eigenvalue weighted by atomic mass is 79.9. The largest absolute Gasteiger partial charge is 0.408 e. The highest BCUT2D eigenvalue weighted by Gasteiger charge is 2.48. The molecular formula is C20H22BrF3N4O2. The Morgan fingerprint density at radius 1 is 1.17 bits per heavy atom. The van der Waals surface area contributed by atoms with Crippen LogP contribution in [-0.4, -0.2) is 48.1 Å². The number of nitrogens with zero attached hydrogens (tertiary/aromatic N) is 4. The normalized spacial score (nSPS) is 20.8. The molecule has 0 saturated carbocycles. The summed E-state index contributed by atoms with van der Waals surface area (Å²) in [5.41, 5.74) is 0.377. The summed E-state index contributed by atoms with van der Waals surface area (Å²) in [7, 11) is 0. The summed E-state index contributed by atoms with van der Waals surface area (Å²) < 4.78 is 49.5. The molecule has 4 rings (SSSR count). The molecule has 0 N–H and O–H groups in total. The van der Waals surface area contributed by atoms with Gasteiger partial charge in [-0.05, 0) is 31.0 Å². The first-order valence-corrected chi connectivity index (χ1v) is 10.6. The summed E-state index contributed by atoms with van der Waals surface area (Å²) >= 11 is 3.36. The highest BCUT2D eigenvalue weighted by Crippen LogP contribution is 2.39. The molecule has 1 saturated heterocycles. The Hall–Kier alpha value is -2.07. The van der Waals surface area contributed by atoms with Crippen LogP contribution in [0.2, 0.25) is 0 Å². The van der Waals surface area contributed by atoms with Crippen molar-refractivity contribution in [2.45, 2.75) is 38.1 Å². The maximum atomic E-state index is 14.0. The molecule has 6 nitrogen and oxygen atoms in total. The van der Waals surface area contributed by atoms with Gasteiger partial charge in [-0.1, -0.05) is 28.1 Å². The predicted molar refractivity (Wildman–Crippen MR) is 111 cm³/mol. The van der Waals surface area contributed by atoms with Crippen molar-refractivity contribution in [2.75, 3.05) is 36.1 Å². The molecule has 1 aromatic heterocycles. The number of benzene rings is 1. The zero-order chi connectivity index (χ0) is 21.5. The van der Waals surface area contributed by atoms with E-state index in [2.05, 4.69) is 20.9 Å². The summed E-state index contributed by atoms with van der Waals surface area (Å²) in [6.07, 6.45) is -4.64. The first-order chi connectivity index (χ1) is 14.3. The average Bonchev–Trinajstić information content (AvgIpc) is 2.73. The lowest BCUT2D eigenvalue weighted by Crippen LogP contribution is -2.53. The number of ether oxygens (including phenoxy) is 1. The van der Waals surface area contributed by atoms with Gasteiger partial charge in [-0.15, -0.1) is 0 Å². The predicted octanol–water partition coefficient (Wildman–Crippen LogP) is 3.74. The number of halogens is 4. The summed E-state index contributed by atoms with van der Waals surface area (Å²) in [5, 5.41) is 0. The summed E-state index contributed by atoms with van der Waals surface area (Å²) in [4.78, 5) is 20.5. The molecule has 2 atom stereocenters. The molecule has 2 aliphatic heterocycles. The SMILES string of the molecule is C[C@@H](c1ccc(Br)cc1)N1c2nc(N3CCOCC3)cc(=O)n2CC[C@H]1C(F)(F)F. The molecule has 0 bridgehead atoms. The average molecular weight is 487 g/mol. The van der Waals surface area contributed by atoms with E-state index in [1.165, 1.54) is 15.5 Å². The van der Waals surface area contributed by atoms with Crippen LogP contribution in [0.15, 0.2) is 39.6 Å². The van der Waals surface area contributed by atoms with Crippen LogP contribution in [0, 0.1) is 0 Å². The number of aromatic nitrogens is 2. The molecule has 0 spiro atoms. The van der Waals surface area contributed by atoms with Crippen LogP contribution in [0.1, 0.15) is 24.9 Å². The van der Waals surface area contributed by atoms with E-state index < -0.39 is 18.3 Å². The second kappa shape index (κ2) is 8.22. The van der Waals surface area contributed by atoms with Crippen molar-refractivity contribution in [3.05, 3.63) is 50.7 Å². The smallest absolute Gasteiger partial charge is 0.378 e. The van der Waals surface area contributed by atoms with Crippen molar-refractivity contribution in [3.63, 3.8) is 0 Å². The van der Waals surface area contributed by atoms with Crippen molar-refractivity contribution in [1.29, 1.82) is 0 Å². The Morgan fingerprint density at radius 2 is 1.83 bits per heavy atom. The van der Waals surface area contributed by atoms with E-state index in [0.717, 1.165) is 4.47 Å². The zero-order valence-corrected chi connectivity index (χ0v) is 18.0. The van der Waals surface area contributed by atoms with E-state index in [9.17, 15) is 18.0 Å². The Kier molecular flexibility index (Phi) is 5.80. The fraction of sp³-hybridized carbons (Fsp3) is 0.500. The second-order valence-electron chi connectivity index (χ2n) is 7.48. The first kappa shape index (κ1) is 21.2. The van der Waals surface area contributed by atoms with Gasteiger partial charge in [0.15, 0.2) is 0 Å². The molecular weight excluding hydrogens is 465 g/mol. The minimum absolute atomic E-state index is 0.0156. The highest BCUT2D eigenvalue weighted by molar-refractivity contribution is 9.10. The lowest BCUT2D eigenvalue weighted by Gasteiger charge is -2.43. The molecule has 0 unspecified atom stereocenters. The number of hydrogen-bond acceptors (Lipinski definition) is 5. The lowest BCUT2D eigenvalue weighted by atomic mass is 10.0. The van der Waals surface area contributed by atoms with Crippen molar-refractivity contribution in [1.82, 2.24) is 9.55 Å². The van der Waals surface area contributed by atoms with Crippen LogP contribution < -0.4 is 15.4 Å². The van der Waals surface area contributed by atoms with Gasteiger partial charge < -0.3 is 14.5 Å². The van der Waals surface area contributed by atoms with E-state index in [1.807, 2.05) is 4.90 Å². The van der Waals surface area contributed by atoms with Gasteiger partial charge in [-0.2, -0.15) is 18.2 Å². The molecule has 10 heteroatoms. The van der Waals surface area contributed by atoms with Crippen LogP contribution in [0.3, 0.4) is 0 Å². The number of hydrogen-bond donors (Lipinski definition) is 0. The van der Waals surface area contributed by atoms with Crippen molar-refractivity contribution < 1.29 is 17.9 Å². The Bertz CT molecular complexity index is 958. The molecule has 2 aromatic rings. The van der Waals surface area contributed by atoms with Crippen molar-refractivity contribution in [2.24, 2.45) is 0 Å². The number of morpholine rings is 1. The lowest BCUT2D eigenvalue weighted by molar-refractivity contribution is -0.154. The third-order valence-corrected chi connectivity index (χ3v) is 6.18. The second-order valence-corrected chi connectivity index (χ2v) is 8.40. The van der Waals surface area contributed by atoms with E-state index >= 15 is 0 Å². The minimum atomic E-state index is -4.44. The molecule has 30 heavy (non-hydrogen) atoms. The van der Waals surface area contributed by atoms with E-state index in [-0.39, 0.29) is 24.5 Å². The van der Waals surface area contributed by atoms with Crippen LogP contribution >= 0.6 is 15.9 Å². The van der Waals surface area contributed by atoms with Crippen LogP contribution in [0.4, 0.5) is 24.9 Å². The van der Waals surface area contributed by atoms with E-state index in [1.54, 1.807) is 31.2 Å². The van der Waals surface area contributed by atoms with Gasteiger partial charge in [0.1, 0.15) is 11.9 Å². The third-order valence-electron chi connectivity index (χ3n) is 5.65. The molecule has 1 fully saturated rings. The fourth-order valence-corrected chi connectivity index (χ4v) is 4.30. The first-order valence-electron chi connectivity index (χ1n) is 9.81. The molecule has 0 radical (unpaired) electrons. The van der Waals surface area contributed by atoms with Crippen LogP contribution in [0.5, 0.6) is 0 Å². The van der Waals surface area contributed by atoms with Gasteiger partial charge >= 0.3 is 6.18 Å². The van der Waals surface area contributed by atoms with Crippen molar-refractivity contribution in [3.8, 4) is 0 Å². The maximum Gasteiger partial charge on any atom is 0.408 e. The van der Waals surface area contributed by atoms with Gasteiger partial charge in [0.25, 0.3) is 5.56 Å². The molecule has 1 aromatic carbocycles. The molecule has 162 valence electrons. The summed E-state index contributed by atoms with van der Waals surface area (Å²) in [6.45, 7) is 3.76. The molecule has 3 heterocycles.